The Balaban J connectivity index is 2.41. The van der Waals surface area contributed by atoms with Gasteiger partial charge >= 0.3 is 0 Å². The van der Waals surface area contributed by atoms with E-state index in [4.69, 9.17) is 15.2 Å². The van der Waals surface area contributed by atoms with Gasteiger partial charge in [-0.3, -0.25) is 4.90 Å². The lowest BCUT2D eigenvalue weighted by molar-refractivity contribution is 0.0458. The Morgan fingerprint density at radius 3 is 2.44 bits per heavy atom. The minimum atomic E-state index is 0.0374. The van der Waals surface area contributed by atoms with Crippen molar-refractivity contribution in [3.63, 3.8) is 0 Å². The van der Waals surface area contributed by atoms with Crippen molar-refractivity contribution in [1.29, 1.82) is 0 Å². The summed E-state index contributed by atoms with van der Waals surface area (Å²) in [5.74, 6) is 0. The topological polar surface area (TPSA) is 47.7 Å². The molecule has 0 aromatic carbocycles. The molecule has 1 saturated carbocycles. The average molecular weight is 230 g/mol. The van der Waals surface area contributed by atoms with E-state index >= 15 is 0 Å². The molecule has 0 aliphatic heterocycles. The first kappa shape index (κ1) is 13.9. The summed E-state index contributed by atoms with van der Waals surface area (Å²) in [6.45, 7) is 5.58. The van der Waals surface area contributed by atoms with E-state index in [9.17, 15) is 0 Å². The van der Waals surface area contributed by atoms with Gasteiger partial charge in [-0.05, 0) is 26.2 Å². The van der Waals surface area contributed by atoms with E-state index in [1.54, 1.807) is 14.2 Å². The second-order valence-corrected chi connectivity index (χ2v) is 4.98. The predicted octanol–water partition coefficient (Wildman–Crippen LogP) is 0.851. The van der Waals surface area contributed by atoms with Crippen LogP contribution >= 0.6 is 0 Å². The number of hydrogen-bond acceptors (Lipinski definition) is 4. The minimum absolute atomic E-state index is 0.0374. The molecule has 0 spiro atoms. The van der Waals surface area contributed by atoms with Gasteiger partial charge in [0, 0.05) is 38.9 Å². The molecule has 4 nitrogen and oxygen atoms in total. The molecule has 0 saturated heterocycles. The summed E-state index contributed by atoms with van der Waals surface area (Å²) in [7, 11) is 3.48. The largest absolute Gasteiger partial charge is 0.383 e. The third kappa shape index (κ3) is 4.01. The Morgan fingerprint density at radius 1 is 1.31 bits per heavy atom. The Hall–Kier alpha value is -0.160. The summed E-state index contributed by atoms with van der Waals surface area (Å²) in [5, 5.41) is 0. The molecule has 2 N–H and O–H groups in total. The molecule has 96 valence electrons. The minimum Gasteiger partial charge on any atom is -0.383 e. The molecule has 4 heteroatoms. The van der Waals surface area contributed by atoms with Crippen LogP contribution in [0.25, 0.3) is 0 Å². The maximum atomic E-state index is 6.29. The zero-order valence-electron chi connectivity index (χ0n) is 10.9. The summed E-state index contributed by atoms with van der Waals surface area (Å²) >= 11 is 0. The number of hydrogen-bond donors (Lipinski definition) is 1. The smallest absolute Gasteiger partial charge is 0.0615 e. The highest BCUT2D eigenvalue weighted by Gasteiger charge is 2.35. The number of nitrogens with two attached hydrogens (primary N) is 1. The van der Waals surface area contributed by atoms with Crippen molar-refractivity contribution in [2.24, 2.45) is 5.73 Å². The van der Waals surface area contributed by atoms with Crippen LogP contribution in [0.3, 0.4) is 0 Å². The number of nitrogens with zero attached hydrogens (tertiary/aromatic N) is 1. The summed E-state index contributed by atoms with van der Waals surface area (Å²) in [5.41, 5.74) is 6.32. The fourth-order valence-electron chi connectivity index (χ4n) is 2.20. The summed E-state index contributed by atoms with van der Waals surface area (Å²) in [6, 6.07) is 0.404. The zero-order chi connectivity index (χ0) is 12.0. The van der Waals surface area contributed by atoms with E-state index in [-0.39, 0.29) is 5.54 Å². The van der Waals surface area contributed by atoms with Crippen molar-refractivity contribution in [3.8, 4) is 0 Å². The molecule has 1 atom stereocenters. The molecule has 0 radical (unpaired) electrons. The highest BCUT2D eigenvalue weighted by Crippen LogP contribution is 2.30. The van der Waals surface area contributed by atoms with Crippen molar-refractivity contribution in [1.82, 2.24) is 4.90 Å². The SMILES string of the molecule is COCCN(CC1(N)CCC1)C(C)COC. The van der Waals surface area contributed by atoms with Crippen LogP contribution in [0.4, 0.5) is 0 Å². The molecule has 0 aromatic rings. The third-order valence-electron chi connectivity index (χ3n) is 3.48. The molecular formula is C12H26N2O2. The van der Waals surface area contributed by atoms with Gasteiger partial charge in [0.2, 0.25) is 0 Å². The molecule has 0 aromatic heterocycles. The first-order valence-corrected chi connectivity index (χ1v) is 6.12. The number of ether oxygens (including phenoxy) is 2. The van der Waals surface area contributed by atoms with Gasteiger partial charge in [-0.1, -0.05) is 0 Å². The molecule has 0 amide bonds. The quantitative estimate of drug-likeness (QED) is 0.671. The molecule has 16 heavy (non-hydrogen) atoms. The fourth-order valence-corrected chi connectivity index (χ4v) is 2.20. The second kappa shape index (κ2) is 6.55. The second-order valence-electron chi connectivity index (χ2n) is 4.98. The van der Waals surface area contributed by atoms with Gasteiger partial charge in [0.1, 0.15) is 0 Å². The standard InChI is InChI=1S/C12H26N2O2/c1-11(9-16-3)14(7-8-15-2)10-12(13)5-4-6-12/h11H,4-10,13H2,1-3H3. The lowest BCUT2D eigenvalue weighted by Crippen LogP contribution is -2.57. The van der Waals surface area contributed by atoms with E-state index in [0.29, 0.717) is 6.04 Å². The van der Waals surface area contributed by atoms with Crippen LogP contribution in [-0.2, 0) is 9.47 Å². The van der Waals surface area contributed by atoms with Crippen LogP contribution in [0.1, 0.15) is 26.2 Å². The summed E-state index contributed by atoms with van der Waals surface area (Å²) in [4.78, 5) is 2.38. The van der Waals surface area contributed by atoms with Crippen molar-refractivity contribution in [3.05, 3.63) is 0 Å². The van der Waals surface area contributed by atoms with E-state index in [2.05, 4.69) is 11.8 Å². The van der Waals surface area contributed by atoms with E-state index in [0.717, 1.165) is 39.1 Å². The Bertz CT molecular complexity index is 195. The highest BCUT2D eigenvalue weighted by atomic mass is 16.5. The molecule has 0 heterocycles. The van der Waals surface area contributed by atoms with Crippen LogP contribution in [0.5, 0.6) is 0 Å². The van der Waals surface area contributed by atoms with Gasteiger partial charge in [-0.25, -0.2) is 0 Å². The van der Waals surface area contributed by atoms with Crippen LogP contribution < -0.4 is 5.73 Å². The fraction of sp³-hybridized carbons (Fsp3) is 1.00. The molecule has 1 fully saturated rings. The highest BCUT2D eigenvalue weighted by molar-refractivity contribution is 4.95. The van der Waals surface area contributed by atoms with Crippen LogP contribution in [0, 0.1) is 0 Å². The Kier molecular flexibility index (Phi) is 5.69. The molecule has 1 aliphatic carbocycles. The van der Waals surface area contributed by atoms with Gasteiger partial charge in [0.15, 0.2) is 0 Å². The van der Waals surface area contributed by atoms with Crippen molar-refractivity contribution in [2.75, 3.05) is 40.5 Å². The van der Waals surface area contributed by atoms with E-state index in [1.807, 2.05) is 0 Å². The molecule has 1 rings (SSSR count). The molecule has 1 aliphatic rings. The van der Waals surface area contributed by atoms with Gasteiger partial charge in [0.05, 0.1) is 13.2 Å². The van der Waals surface area contributed by atoms with Gasteiger partial charge in [-0.2, -0.15) is 0 Å². The van der Waals surface area contributed by atoms with Crippen molar-refractivity contribution >= 4 is 0 Å². The third-order valence-corrected chi connectivity index (χ3v) is 3.48. The normalized spacial score (nSPS) is 20.8. The van der Waals surface area contributed by atoms with Gasteiger partial charge in [-0.15, -0.1) is 0 Å². The maximum Gasteiger partial charge on any atom is 0.0615 e. The van der Waals surface area contributed by atoms with Crippen LogP contribution in [0.15, 0.2) is 0 Å². The van der Waals surface area contributed by atoms with Gasteiger partial charge < -0.3 is 15.2 Å². The first-order valence-electron chi connectivity index (χ1n) is 6.12. The van der Waals surface area contributed by atoms with Crippen molar-refractivity contribution < 1.29 is 9.47 Å². The molecule has 0 bridgehead atoms. The van der Waals surface area contributed by atoms with E-state index < -0.39 is 0 Å². The summed E-state index contributed by atoms with van der Waals surface area (Å²) in [6.07, 6.45) is 3.57. The lowest BCUT2D eigenvalue weighted by atomic mass is 9.77. The number of methoxy groups -OCH3 is 2. The first-order chi connectivity index (χ1) is 7.61. The zero-order valence-corrected chi connectivity index (χ0v) is 10.9. The van der Waals surface area contributed by atoms with Crippen molar-refractivity contribution in [2.45, 2.75) is 37.8 Å². The Morgan fingerprint density at radius 2 is 2.00 bits per heavy atom. The lowest BCUT2D eigenvalue weighted by Gasteiger charge is -2.43. The predicted molar refractivity (Wildman–Crippen MR) is 65.6 cm³/mol. The van der Waals surface area contributed by atoms with Gasteiger partial charge in [0.25, 0.3) is 0 Å². The van der Waals surface area contributed by atoms with Crippen LogP contribution in [0.2, 0.25) is 0 Å². The Labute approximate surface area is 99.1 Å². The number of rotatable bonds is 8. The average Bonchev–Trinajstić information content (AvgIpc) is 2.22. The van der Waals surface area contributed by atoms with Crippen LogP contribution in [-0.4, -0.2) is 57.0 Å². The molecule has 1 unspecified atom stereocenters. The monoisotopic (exact) mass is 230 g/mol. The molecular weight excluding hydrogens is 204 g/mol. The maximum absolute atomic E-state index is 6.29. The van der Waals surface area contributed by atoms with E-state index in [1.165, 1.54) is 6.42 Å². The summed E-state index contributed by atoms with van der Waals surface area (Å²) < 4.78 is 10.4.